The fraction of sp³-hybridized carbons (Fsp3) is 0. The molecule has 0 N–H and O–H groups in total. The van der Waals surface area contributed by atoms with Crippen molar-refractivity contribution in [3.05, 3.63) is 235 Å². The summed E-state index contributed by atoms with van der Waals surface area (Å²) in [5, 5.41) is 1.76. The summed E-state index contributed by atoms with van der Waals surface area (Å²) in [5.41, 5.74) is 8.83. The Balaban J connectivity index is 1.21. The van der Waals surface area contributed by atoms with E-state index < -0.39 is 10.9 Å². The summed E-state index contributed by atoms with van der Waals surface area (Å²) in [7, 11) is 0. The number of pyridine rings is 6. The Bertz CT molecular complexity index is 4320. The molecule has 68 heavy (non-hydrogen) atoms. The minimum atomic E-state index is -0.392. The minimum absolute atomic E-state index is 0.0213. The molecule has 0 unspecified atom stereocenters. The van der Waals surface area contributed by atoms with Crippen molar-refractivity contribution >= 4 is 87.5 Å². The van der Waals surface area contributed by atoms with Crippen molar-refractivity contribution in [1.29, 1.82) is 0 Å². The Morgan fingerprint density at radius 1 is 0.265 bits per heavy atom. The van der Waals surface area contributed by atoms with Gasteiger partial charge < -0.3 is 8.80 Å². The summed E-state index contributed by atoms with van der Waals surface area (Å²) >= 11 is 0. The van der Waals surface area contributed by atoms with Crippen LogP contribution in [-0.4, -0.2) is 18.8 Å². The van der Waals surface area contributed by atoms with Crippen LogP contribution in [0.1, 0.15) is 0 Å². The predicted molar refractivity (Wildman–Crippen MR) is 276 cm³/mol. The summed E-state index contributed by atoms with van der Waals surface area (Å²) in [4.78, 5) is 71.7. The highest BCUT2D eigenvalue weighted by molar-refractivity contribution is 6.23. The molecular formula is C60H32N4O4. The molecule has 0 aliphatic rings. The summed E-state index contributed by atoms with van der Waals surface area (Å²) in [6, 6.07) is 62.5. The molecule has 8 nitrogen and oxygen atoms in total. The zero-order valence-corrected chi connectivity index (χ0v) is 35.9. The van der Waals surface area contributed by atoms with Crippen LogP contribution in [0.2, 0.25) is 0 Å². The molecule has 0 saturated heterocycles. The second-order valence-corrected chi connectivity index (χ2v) is 17.4. The molecule has 8 heteroatoms. The summed E-state index contributed by atoms with van der Waals surface area (Å²) in [6.45, 7) is 0. The van der Waals surface area contributed by atoms with Crippen LogP contribution in [0.4, 0.5) is 0 Å². The third-order valence-corrected chi connectivity index (χ3v) is 13.8. The van der Waals surface area contributed by atoms with Crippen molar-refractivity contribution in [2.75, 3.05) is 0 Å². The summed E-state index contributed by atoms with van der Waals surface area (Å²) in [5.74, 6) is 0. The maximum Gasteiger partial charge on any atom is 0.215 e. The number of rotatable bonds is 4. The van der Waals surface area contributed by atoms with Crippen LogP contribution >= 0.6 is 0 Å². The molecule has 0 saturated carbocycles. The fourth-order valence-electron chi connectivity index (χ4n) is 10.6. The van der Waals surface area contributed by atoms with Gasteiger partial charge in [-0.25, -0.2) is 9.97 Å². The Labute approximate surface area is 384 Å². The van der Waals surface area contributed by atoms with E-state index >= 15 is 19.2 Å². The molecule has 0 bridgehead atoms. The molecule has 6 heterocycles. The fourth-order valence-corrected chi connectivity index (χ4v) is 10.6. The normalized spacial score (nSPS) is 12.1. The van der Waals surface area contributed by atoms with E-state index in [1.807, 2.05) is 203 Å². The van der Waals surface area contributed by atoms with Crippen molar-refractivity contribution in [2.24, 2.45) is 0 Å². The molecule has 316 valence electrons. The minimum Gasteiger partial charge on any atom is -0.306 e. The van der Waals surface area contributed by atoms with Crippen molar-refractivity contribution in [1.82, 2.24) is 18.8 Å². The molecule has 0 atom stereocenters. The first-order chi connectivity index (χ1) is 33.4. The van der Waals surface area contributed by atoms with Gasteiger partial charge in [0.2, 0.25) is 10.9 Å². The van der Waals surface area contributed by atoms with Crippen LogP contribution in [0.25, 0.3) is 132 Å². The van der Waals surface area contributed by atoms with Crippen molar-refractivity contribution in [2.45, 2.75) is 0 Å². The standard InChI is InChI=1S/C60H32N4O4/c65-57-41-25-21-37(33-13-5-1-6-14-33)29-45(41)63-47-31-39(35-17-9-3-10-18-35)23-27-43(47)59(67)53-55(63)49(57)51-52(61-53)50-56-54(62-51)60(68)44-28-24-40(36-19-11-4-12-20-36)32-48(44)64(56)46-30-38(22-26-42(46)58(50)66)34-15-7-2-8-16-34/h1-32H. The first-order valence-corrected chi connectivity index (χ1v) is 22.4. The van der Waals surface area contributed by atoms with Gasteiger partial charge in [-0.05, 0) is 93.0 Å². The first kappa shape index (κ1) is 37.9. The third-order valence-electron chi connectivity index (χ3n) is 13.8. The summed E-state index contributed by atoms with van der Waals surface area (Å²) in [6.07, 6.45) is 0. The highest BCUT2D eigenvalue weighted by Crippen LogP contribution is 2.38. The Kier molecular flexibility index (Phi) is 7.84. The second kappa shape index (κ2) is 14.1. The van der Waals surface area contributed by atoms with E-state index in [4.69, 9.17) is 9.97 Å². The second-order valence-electron chi connectivity index (χ2n) is 17.4. The van der Waals surface area contributed by atoms with Crippen molar-refractivity contribution in [3.8, 4) is 44.5 Å². The number of aromatic nitrogens is 4. The van der Waals surface area contributed by atoms with Gasteiger partial charge in [0.25, 0.3) is 0 Å². The van der Waals surface area contributed by atoms with Crippen LogP contribution in [0.15, 0.2) is 213 Å². The highest BCUT2D eigenvalue weighted by atomic mass is 16.1. The van der Waals surface area contributed by atoms with Gasteiger partial charge in [0.1, 0.15) is 22.1 Å². The number of hydrogen-bond donors (Lipinski definition) is 0. The van der Waals surface area contributed by atoms with E-state index in [1.165, 1.54) is 0 Å². The topological polar surface area (TPSA) is 103 Å². The number of hydrogen-bond acceptors (Lipinski definition) is 6. The molecule has 8 aromatic carbocycles. The maximum absolute atomic E-state index is 15.5. The Hall–Kier alpha value is -9.40. The first-order valence-electron chi connectivity index (χ1n) is 22.4. The quantitative estimate of drug-likeness (QED) is 0.129. The molecule has 0 aliphatic heterocycles. The lowest BCUT2D eigenvalue weighted by atomic mass is 9.97. The average Bonchev–Trinajstić information content (AvgIpc) is 3.40. The smallest absolute Gasteiger partial charge is 0.215 e. The molecule has 14 aromatic rings. The molecule has 0 radical (unpaired) electrons. The van der Waals surface area contributed by atoms with Gasteiger partial charge in [0.15, 0.2) is 10.9 Å². The van der Waals surface area contributed by atoms with Crippen molar-refractivity contribution < 1.29 is 0 Å². The number of nitrogens with zero attached hydrogens (tertiary/aromatic N) is 4. The summed E-state index contributed by atoms with van der Waals surface area (Å²) < 4.78 is 3.90. The van der Waals surface area contributed by atoms with Crippen LogP contribution in [-0.2, 0) is 0 Å². The average molecular weight is 873 g/mol. The molecule has 0 amide bonds. The Morgan fingerprint density at radius 3 is 0.809 bits per heavy atom. The molecule has 0 aliphatic carbocycles. The SMILES string of the molecule is O=c1c2ccc(-c3ccccc3)cc2n2c3cc(-c4ccccc4)ccc3c(=O)c3c4nc5c(=O)c6ccc(-c7ccccc7)cc6n6c7cc(-c8ccccc8)ccc7c(=O)c(c4nc1c32)c56. The third kappa shape index (κ3) is 5.25. The lowest BCUT2D eigenvalue weighted by Gasteiger charge is -2.19. The van der Waals surface area contributed by atoms with Gasteiger partial charge in [-0.3, -0.25) is 19.2 Å². The van der Waals surface area contributed by atoms with E-state index in [2.05, 4.69) is 0 Å². The Morgan fingerprint density at radius 2 is 0.529 bits per heavy atom. The van der Waals surface area contributed by atoms with E-state index in [0.29, 0.717) is 43.6 Å². The van der Waals surface area contributed by atoms with Crippen LogP contribution in [0.3, 0.4) is 0 Å². The van der Waals surface area contributed by atoms with Crippen LogP contribution < -0.4 is 21.7 Å². The molecular weight excluding hydrogens is 841 g/mol. The molecule has 14 rings (SSSR count). The lowest BCUT2D eigenvalue weighted by molar-refractivity contribution is 1.27. The predicted octanol–water partition coefficient (Wildman–Crippen LogP) is 12.0. The van der Waals surface area contributed by atoms with Crippen LogP contribution in [0, 0.1) is 0 Å². The van der Waals surface area contributed by atoms with Gasteiger partial charge in [-0.1, -0.05) is 146 Å². The monoisotopic (exact) mass is 872 g/mol. The molecule has 0 spiro atoms. The van der Waals surface area contributed by atoms with Gasteiger partial charge >= 0.3 is 0 Å². The zero-order valence-electron chi connectivity index (χ0n) is 35.9. The van der Waals surface area contributed by atoms with E-state index in [1.54, 1.807) is 0 Å². The molecule has 6 aromatic heterocycles. The van der Waals surface area contributed by atoms with Gasteiger partial charge in [0.05, 0.1) is 43.9 Å². The zero-order chi connectivity index (χ0) is 45.4. The number of fused-ring (bicyclic) bond motifs is 11. The molecule has 0 fully saturated rings. The maximum atomic E-state index is 15.5. The largest absolute Gasteiger partial charge is 0.306 e. The van der Waals surface area contributed by atoms with E-state index in [0.717, 1.165) is 44.5 Å². The van der Waals surface area contributed by atoms with Gasteiger partial charge in [-0.15, -0.1) is 0 Å². The lowest BCUT2D eigenvalue weighted by Crippen LogP contribution is -2.19. The van der Waals surface area contributed by atoms with Crippen LogP contribution in [0.5, 0.6) is 0 Å². The van der Waals surface area contributed by atoms with E-state index in [-0.39, 0.29) is 54.7 Å². The van der Waals surface area contributed by atoms with Crippen molar-refractivity contribution in [3.63, 3.8) is 0 Å². The van der Waals surface area contributed by atoms with Gasteiger partial charge in [-0.2, -0.15) is 0 Å². The number of benzene rings is 8. The highest BCUT2D eigenvalue weighted by Gasteiger charge is 2.28. The van der Waals surface area contributed by atoms with E-state index in [9.17, 15) is 0 Å². The van der Waals surface area contributed by atoms with Gasteiger partial charge in [0, 0.05) is 21.5 Å².